The van der Waals surface area contributed by atoms with Crippen molar-refractivity contribution in [2.45, 2.75) is 19.4 Å². The Bertz CT molecular complexity index is 203. The van der Waals surface area contributed by atoms with Crippen LogP contribution in [0.1, 0.15) is 19.5 Å². The van der Waals surface area contributed by atoms with E-state index >= 15 is 0 Å². The minimum absolute atomic E-state index is 0.593. The second kappa shape index (κ2) is 2.34. The highest BCUT2D eigenvalue weighted by molar-refractivity contribution is 5.03. The van der Waals surface area contributed by atoms with Crippen molar-refractivity contribution in [2.24, 2.45) is 0 Å². The SMILES string of the molecule is CC(C)(O)c1cnccn1. The Morgan fingerprint density at radius 3 is 2.40 bits per heavy atom. The lowest BCUT2D eigenvalue weighted by Gasteiger charge is -2.14. The van der Waals surface area contributed by atoms with E-state index in [9.17, 15) is 5.11 Å². The summed E-state index contributed by atoms with van der Waals surface area (Å²) in [5.41, 5.74) is -0.288. The number of aliphatic hydroxyl groups is 1. The van der Waals surface area contributed by atoms with E-state index in [1.54, 1.807) is 32.4 Å². The molecule has 10 heavy (non-hydrogen) atoms. The lowest BCUT2D eigenvalue weighted by atomic mass is 10.1. The van der Waals surface area contributed by atoms with Crippen molar-refractivity contribution in [3.8, 4) is 0 Å². The van der Waals surface area contributed by atoms with E-state index in [1.165, 1.54) is 0 Å². The molecule has 0 fully saturated rings. The number of aromatic nitrogens is 2. The summed E-state index contributed by atoms with van der Waals surface area (Å²) >= 11 is 0. The summed E-state index contributed by atoms with van der Waals surface area (Å²) in [6.45, 7) is 3.36. The second-order valence-electron chi connectivity index (χ2n) is 2.65. The van der Waals surface area contributed by atoms with Crippen LogP contribution in [-0.4, -0.2) is 15.1 Å². The molecule has 0 radical (unpaired) electrons. The van der Waals surface area contributed by atoms with E-state index in [0.29, 0.717) is 5.69 Å². The molecule has 1 rings (SSSR count). The average Bonchev–Trinajstić information content (AvgIpc) is 1.88. The molecule has 0 spiro atoms. The Balaban J connectivity index is 2.97. The predicted octanol–water partition coefficient (Wildman–Crippen LogP) is 0.704. The highest BCUT2D eigenvalue weighted by Crippen LogP contribution is 2.14. The fourth-order valence-corrected chi connectivity index (χ4v) is 0.615. The van der Waals surface area contributed by atoms with Gasteiger partial charge in [0.2, 0.25) is 0 Å². The summed E-state index contributed by atoms with van der Waals surface area (Å²) < 4.78 is 0. The fourth-order valence-electron chi connectivity index (χ4n) is 0.615. The van der Waals surface area contributed by atoms with Gasteiger partial charge in [0, 0.05) is 12.4 Å². The van der Waals surface area contributed by atoms with E-state index < -0.39 is 5.60 Å². The summed E-state index contributed by atoms with van der Waals surface area (Å²) in [7, 11) is 0. The van der Waals surface area contributed by atoms with Gasteiger partial charge in [0.25, 0.3) is 0 Å². The number of nitrogens with zero attached hydrogens (tertiary/aromatic N) is 2. The molecule has 0 atom stereocenters. The third-order valence-electron chi connectivity index (χ3n) is 1.19. The molecular formula is C7H10N2O. The summed E-state index contributed by atoms with van der Waals surface area (Å²) in [5, 5.41) is 9.39. The number of rotatable bonds is 1. The van der Waals surface area contributed by atoms with Gasteiger partial charge in [-0.1, -0.05) is 0 Å². The molecule has 0 unspecified atom stereocenters. The van der Waals surface area contributed by atoms with Gasteiger partial charge in [0.1, 0.15) is 5.60 Å². The molecule has 0 bridgehead atoms. The maximum Gasteiger partial charge on any atom is 0.102 e. The molecule has 0 saturated carbocycles. The monoisotopic (exact) mass is 138 g/mol. The largest absolute Gasteiger partial charge is 0.384 e. The van der Waals surface area contributed by atoms with Crippen LogP contribution in [0, 0.1) is 0 Å². The summed E-state index contributed by atoms with van der Waals surface area (Å²) in [6.07, 6.45) is 4.70. The Kier molecular flexibility index (Phi) is 1.68. The Morgan fingerprint density at radius 2 is 2.10 bits per heavy atom. The number of hydrogen-bond donors (Lipinski definition) is 1. The molecule has 0 aromatic carbocycles. The minimum Gasteiger partial charge on any atom is -0.384 e. The van der Waals surface area contributed by atoms with Gasteiger partial charge in [-0.2, -0.15) is 0 Å². The van der Waals surface area contributed by atoms with Crippen molar-refractivity contribution in [2.75, 3.05) is 0 Å². The second-order valence-corrected chi connectivity index (χ2v) is 2.65. The van der Waals surface area contributed by atoms with Crippen LogP contribution >= 0.6 is 0 Å². The van der Waals surface area contributed by atoms with E-state index in [4.69, 9.17) is 0 Å². The number of hydrogen-bond acceptors (Lipinski definition) is 3. The molecule has 1 aromatic rings. The Labute approximate surface area is 59.8 Å². The first-order valence-corrected chi connectivity index (χ1v) is 3.09. The van der Waals surface area contributed by atoms with Crippen molar-refractivity contribution in [1.82, 2.24) is 9.97 Å². The molecule has 3 nitrogen and oxygen atoms in total. The van der Waals surface area contributed by atoms with E-state index in [-0.39, 0.29) is 0 Å². The predicted molar refractivity (Wildman–Crippen MR) is 37.3 cm³/mol. The van der Waals surface area contributed by atoms with Crippen LogP contribution in [0.5, 0.6) is 0 Å². The van der Waals surface area contributed by atoms with Crippen LogP contribution in [0.25, 0.3) is 0 Å². The Hall–Kier alpha value is -0.960. The fraction of sp³-hybridized carbons (Fsp3) is 0.429. The maximum absolute atomic E-state index is 9.39. The molecule has 0 aliphatic rings. The molecule has 3 heteroatoms. The van der Waals surface area contributed by atoms with Gasteiger partial charge in [-0.15, -0.1) is 0 Å². The molecule has 0 aliphatic heterocycles. The smallest absolute Gasteiger partial charge is 0.102 e. The van der Waals surface area contributed by atoms with Crippen molar-refractivity contribution >= 4 is 0 Å². The lowest BCUT2D eigenvalue weighted by Crippen LogP contribution is -2.17. The third-order valence-corrected chi connectivity index (χ3v) is 1.19. The Morgan fingerprint density at radius 1 is 1.40 bits per heavy atom. The zero-order chi connectivity index (χ0) is 7.61. The van der Waals surface area contributed by atoms with Gasteiger partial charge in [-0.25, -0.2) is 0 Å². The molecular weight excluding hydrogens is 128 g/mol. The topological polar surface area (TPSA) is 46.0 Å². The first-order chi connectivity index (χ1) is 4.61. The molecule has 0 aliphatic carbocycles. The van der Waals surface area contributed by atoms with Gasteiger partial charge in [0.05, 0.1) is 11.9 Å². The highest BCUT2D eigenvalue weighted by atomic mass is 16.3. The van der Waals surface area contributed by atoms with Crippen molar-refractivity contribution in [1.29, 1.82) is 0 Å². The maximum atomic E-state index is 9.39. The summed E-state index contributed by atoms with van der Waals surface area (Å²) in [4.78, 5) is 7.77. The van der Waals surface area contributed by atoms with Crippen LogP contribution in [0.4, 0.5) is 0 Å². The molecule has 54 valence electrons. The zero-order valence-corrected chi connectivity index (χ0v) is 6.07. The standard InChI is InChI=1S/C7H10N2O/c1-7(2,10)6-5-8-3-4-9-6/h3-5,10H,1-2H3. The normalized spacial score (nSPS) is 11.5. The van der Waals surface area contributed by atoms with Crippen LogP contribution in [0.3, 0.4) is 0 Å². The van der Waals surface area contributed by atoms with Gasteiger partial charge in [-0.3, -0.25) is 9.97 Å². The lowest BCUT2D eigenvalue weighted by molar-refractivity contribution is 0.0734. The van der Waals surface area contributed by atoms with E-state index in [0.717, 1.165) is 0 Å². The van der Waals surface area contributed by atoms with Gasteiger partial charge >= 0.3 is 0 Å². The molecule has 1 heterocycles. The summed E-state index contributed by atoms with van der Waals surface area (Å²) in [5.74, 6) is 0. The van der Waals surface area contributed by atoms with Crippen LogP contribution in [0.15, 0.2) is 18.6 Å². The molecule has 0 amide bonds. The van der Waals surface area contributed by atoms with Gasteiger partial charge in [0.15, 0.2) is 0 Å². The van der Waals surface area contributed by atoms with Crippen LogP contribution in [0.2, 0.25) is 0 Å². The molecule has 1 aromatic heterocycles. The van der Waals surface area contributed by atoms with Crippen molar-refractivity contribution in [3.63, 3.8) is 0 Å². The highest BCUT2D eigenvalue weighted by Gasteiger charge is 2.16. The first kappa shape index (κ1) is 7.15. The van der Waals surface area contributed by atoms with Gasteiger partial charge < -0.3 is 5.11 Å². The van der Waals surface area contributed by atoms with Crippen LogP contribution < -0.4 is 0 Å². The van der Waals surface area contributed by atoms with E-state index in [2.05, 4.69) is 9.97 Å². The zero-order valence-electron chi connectivity index (χ0n) is 6.07. The summed E-state index contributed by atoms with van der Waals surface area (Å²) in [6, 6.07) is 0. The quantitative estimate of drug-likeness (QED) is 0.621. The molecule has 0 saturated heterocycles. The van der Waals surface area contributed by atoms with Crippen LogP contribution in [-0.2, 0) is 5.60 Å². The van der Waals surface area contributed by atoms with E-state index in [1.807, 2.05) is 0 Å². The first-order valence-electron chi connectivity index (χ1n) is 3.09. The average molecular weight is 138 g/mol. The minimum atomic E-state index is -0.881. The van der Waals surface area contributed by atoms with Crippen molar-refractivity contribution < 1.29 is 5.11 Å². The van der Waals surface area contributed by atoms with Crippen molar-refractivity contribution in [3.05, 3.63) is 24.3 Å². The molecule has 1 N–H and O–H groups in total. The third kappa shape index (κ3) is 1.51. The van der Waals surface area contributed by atoms with Gasteiger partial charge in [-0.05, 0) is 13.8 Å².